The maximum atomic E-state index is 11.4. The molecule has 0 aliphatic carbocycles. The van der Waals surface area contributed by atoms with Gasteiger partial charge in [-0.25, -0.2) is 4.79 Å². The fourth-order valence-corrected chi connectivity index (χ4v) is 2.35. The highest BCUT2D eigenvalue weighted by molar-refractivity contribution is 6.30. The Kier molecular flexibility index (Phi) is 6.14. The van der Waals surface area contributed by atoms with Crippen LogP contribution in [0.1, 0.15) is 24.1 Å². The van der Waals surface area contributed by atoms with Gasteiger partial charge in [0.25, 0.3) is 5.69 Å². The molecule has 0 aromatic heterocycles. The second kappa shape index (κ2) is 8.30. The van der Waals surface area contributed by atoms with Gasteiger partial charge in [-0.15, -0.1) is 0 Å². The number of nitrogens with one attached hydrogen (secondary N) is 1. The van der Waals surface area contributed by atoms with E-state index in [1.807, 2.05) is 19.1 Å². The van der Waals surface area contributed by atoms with Crippen LogP contribution in [0.25, 0.3) is 6.08 Å². The molecule has 0 fully saturated rings. The van der Waals surface area contributed by atoms with Crippen molar-refractivity contribution in [2.45, 2.75) is 13.0 Å². The fourth-order valence-electron chi connectivity index (χ4n) is 2.23. The number of ether oxygens (including phenoxy) is 1. The molecule has 0 aliphatic heterocycles. The molecule has 0 aliphatic rings. The molecule has 1 N–H and O–H groups in total. The number of nitrogens with zero attached hydrogens (tertiary/aromatic N) is 1. The molecule has 1 unspecified atom stereocenters. The summed E-state index contributed by atoms with van der Waals surface area (Å²) in [7, 11) is 1.26. The van der Waals surface area contributed by atoms with E-state index in [1.54, 1.807) is 24.3 Å². The molecule has 0 spiro atoms. The van der Waals surface area contributed by atoms with E-state index in [4.69, 9.17) is 11.6 Å². The van der Waals surface area contributed by atoms with Crippen LogP contribution in [0.5, 0.6) is 0 Å². The van der Waals surface area contributed by atoms with Crippen molar-refractivity contribution >= 4 is 35.0 Å². The lowest BCUT2D eigenvalue weighted by Crippen LogP contribution is -2.08. The molecule has 0 saturated heterocycles. The van der Waals surface area contributed by atoms with E-state index >= 15 is 0 Å². The van der Waals surface area contributed by atoms with Crippen molar-refractivity contribution in [3.05, 3.63) is 74.8 Å². The van der Waals surface area contributed by atoms with E-state index in [-0.39, 0.29) is 11.7 Å². The third-order valence-corrected chi connectivity index (χ3v) is 3.83. The van der Waals surface area contributed by atoms with Crippen molar-refractivity contribution in [1.82, 2.24) is 0 Å². The molecule has 25 heavy (non-hydrogen) atoms. The molecule has 2 aromatic rings. The predicted molar refractivity (Wildman–Crippen MR) is 97.6 cm³/mol. The molecule has 0 bridgehead atoms. The minimum atomic E-state index is -0.527. The summed E-state index contributed by atoms with van der Waals surface area (Å²) < 4.78 is 4.50. The smallest absolute Gasteiger partial charge is 0.330 e. The average Bonchev–Trinajstić information content (AvgIpc) is 2.60. The third kappa shape index (κ3) is 5.06. The molecule has 0 amide bonds. The van der Waals surface area contributed by atoms with Crippen molar-refractivity contribution in [1.29, 1.82) is 0 Å². The van der Waals surface area contributed by atoms with Crippen LogP contribution < -0.4 is 5.32 Å². The number of carbonyl (C=O) groups excluding carboxylic acids is 1. The summed E-state index contributed by atoms with van der Waals surface area (Å²) in [6.07, 6.45) is 2.67. The number of anilines is 1. The summed E-state index contributed by atoms with van der Waals surface area (Å²) in [6, 6.07) is 11.8. The SMILES string of the molecule is COC(=O)/C=C/c1ccc(NC(C)c2ccc(Cl)cc2)c([N+](=O)[O-])c1. The number of hydrogen-bond acceptors (Lipinski definition) is 5. The highest BCUT2D eigenvalue weighted by Gasteiger charge is 2.16. The monoisotopic (exact) mass is 360 g/mol. The molecular weight excluding hydrogens is 344 g/mol. The number of benzene rings is 2. The number of hydrogen-bond donors (Lipinski definition) is 1. The first kappa shape index (κ1) is 18.5. The zero-order valence-electron chi connectivity index (χ0n) is 13.7. The molecule has 0 radical (unpaired) electrons. The number of esters is 1. The van der Waals surface area contributed by atoms with Crippen molar-refractivity contribution in [3.63, 3.8) is 0 Å². The van der Waals surface area contributed by atoms with Crippen LogP contribution in [0.15, 0.2) is 48.5 Å². The van der Waals surface area contributed by atoms with E-state index in [2.05, 4.69) is 10.1 Å². The highest BCUT2D eigenvalue weighted by atomic mass is 35.5. The second-order valence-corrected chi connectivity index (χ2v) is 5.74. The molecule has 2 rings (SSSR count). The Morgan fingerprint density at radius 2 is 1.96 bits per heavy atom. The van der Waals surface area contributed by atoms with Crippen LogP contribution >= 0.6 is 11.6 Å². The first-order valence-electron chi connectivity index (χ1n) is 7.47. The number of nitro groups is 1. The summed E-state index contributed by atoms with van der Waals surface area (Å²) >= 11 is 5.87. The summed E-state index contributed by atoms with van der Waals surface area (Å²) in [6.45, 7) is 1.90. The first-order valence-corrected chi connectivity index (χ1v) is 7.85. The van der Waals surface area contributed by atoms with E-state index in [0.717, 1.165) is 5.56 Å². The maximum absolute atomic E-state index is 11.4. The van der Waals surface area contributed by atoms with E-state index in [1.165, 1.54) is 25.3 Å². The van der Waals surface area contributed by atoms with Gasteiger partial charge in [-0.05, 0) is 42.3 Å². The van der Waals surface area contributed by atoms with Crippen LogP contribution in [0.3, 0.4) is 0 Å². The average molecular weight is 361 g/mol. The number of methoxy groups -OCH3 is 1. The van der Waals surface area contributed by atoms with Gasteiger partial charge in [-0.3, -0.25) is 10.1 Å². The number of halogens is 1. The van der Waals surface area contributed by atoms with Gasteiger partial charge >= 0.3 is 5.97 Å². The molecule has 6 nitrogen and oxygen atoms in total. The van der Waals surface area contributed by atoms with Gasteiger partial charge in [-0.2, -0.15) is 0 Å². The van der Waals surface area contributed by atoms with Gasteiger partial charge in [0.15, 0.2) is 0 Å². The Hall–Kier alpha value is -2.86. The molecule has 7 heteroatoms. The van der Waals surface area contributed by atoms with Gasteiger partial charge in [-0.1, -0.05) is 29.8 Å². The Bertz CT molecular complexity index is 803. The van der Waals surface area contributed by atoms with Crippen LogP contribution in [-0.2, 0) is 9.53 Å². The summed E-state index contributed by atoms with van der Waals surface area (Å²) in [5.41, 5.74) is 1.80. The summed E-state index contributed by atoms with van der Waals surface area (Å²) in [4.78, 5) is 22.0. The standard InChI is InChI=1S/C18H17ClN2O4/c1-12(14-5-7-15(19)8-6-14)20-16-9-3-13(4-10-18(22)25-2)11-17(16)21(23)24/h3-12,20H,1-2H3/b10-4+. The van der Waals surface area contributed by atoms with E-state index < -0.39 is 10.9 Å². The van der Waals surface area contributed by atoms with E-state index in [9.17, 15) is 14.9 Å². The lowest BCUT2D eigenvalue weighted by atomic mass is 10.1. The molecule has 0 heterocycles. The molecule has 2 aromatic carbocycles. The topological polar surface area (TPSA) is 81.5 Å². The van der Waals surface area contributed by atoms with Crippen LogP contribution in [-0.4, -0.2) is 18.0 Å². The minimum Gasteiger partial charge on any atom is -0.466 e. The Morgan fingerprint density at radius 3 is 2.56 bits per heavy atom. The molecular formula is C18H17ClN2O4. The Balaban J connectivity index is 2.25. The van der Waals surface area contributed by atoms with Crippen LogP contribution in [0.4, 0.5) is 11.4 Å². The number of carbonyl (C=O) groups is 1. The van der Waals surface area contributed by atoms with Gasteiger partial charge in [0.05, 0.1) is 12.0 Å². The van der Waals surface area contributed by atoms with E-state index in [0.29, 0.717) is 16.3 Å². The van der Waals surface area contributed by atoms with Gasteiger partial charge in [0.2, 0.25) is 0 Å². The number of rotatable bonds is 6. The zero-order valence-corrected chi connectivity index (χ0v) is 14.5. The van der Waals surface area contributed by atoms with Crippen LogP contribution in [0.2, 0.25) is 5.02 Å². The largest absolute Gasteiger partial charge is 0.466 e. The van der Waals surface area contributed by atoms with Crippen molar-refractivity contribution in [2.75, 3.05) is 12.4 Å². The highest BCUT2D eigenvalue weighted by Crippen LogP contribution is 2.30. The normalized spacial score (nSPS) is 12.0. The minimum absolute atomic E-state index is 0.0761. The van der Waals surface area contributed by atoms with Gasteiger partial charge in [0, 0.05) is 23.2 Å². The fraction of sp³-hybridized carbons (Fsp3) is 0.167. The van der Waals surface area contributed by atoms with Crippen LogP contribution in [0, 0.1) is 10.1 Å². The van der Waals surface area contributed by atoms with Crippen molar-refractivity contribution in [2.24, 2.45) is 0 Å². The lowest BCUT2D eigenvalue weighted by molar-refractivity contribution is -0.384. The molecule has 130 valence electrons. The Labute approximate surface area is 150 Å². The Morgan fingerprint density at radius 1 is 1.28 bits per heavy atom. The summed E-state index contributed by atoms with van der Waals surface area (Å²) in [5, 5.41) is 15.1. The van der Waals surface area contributed by atoms with Gasteiger partial charge in [0.1, 0.15) is 5.69 Å². The first-order chi connectivity index (χ1) is 11.9. The maximum Gasteiger partial charge on any atom is 0.330 e. The van der Waals surface area contributed by atoms with Crippen molar-refractivity contribution < 1.29 is 14.5 Å². The molecule has 0 saturated carbocycles. The second-order valence-electron chi connectivity index (χ2n) is 5.31. The lowest BCUT2D eigenvalue weighted by Gasteiger charge is -2.16. The zero-order chi connectivity index (χ0) is 18.4. The third-order valence-electron chi connectivity index (χ3n) is 3.57. The molecule has 1 atom stereocenters. The van der Waals surface area contributed by atoms with Crippen molar-refractivity contribution in [3.8, 4) is 0 Å². The predicted octanol–water partition coefficient (Wildman–Crippen LogP) is 4.61. The summed E-state index contributed by atoms with van der Waals surface area (Å²) in [5.74, 6) is -0.527. The quantitative estimate of drug-likeness (QED) is 0.352. The van der Waals surface area contributed by atoms with Gasteiger partial charge < -0.3 is 10.1 Å². The number of nitro benzene ring substituents is 1.